The molecule has 2 aromatic carbocycles. The highest BCUT2D eigenvalue weighted by Gasteiger charge is 2.28. The van der Waals surface area contributed by atoms with Gasteiger partial charge >= 0.3 is 0 Å². The zero-order valence-electron chi connectivity index (χ0n) is 14.2. The van der Waals surface area contributed by atoms with Crippen molar-refractivity contribution in [1.29, 1.82) is 0 Å². The van der Waals surface area contributed by atoms with Crippen molar-refractivity contribution in [3.8, 4) is 11.1 Å². The molecule has 0 spiro atoms. The summed E-state index contributed by atoms with van der Waals surface area (Å²) in [5.74, 6) is 0. The minimum Gasteiger partial charge on any atom is -0.247 e. The fourth-order valence-corrected chi connectivity index (χ4v) is 4.91. The molecule has 120 valence electrons. The molecule has 0 amide bonds. The van der Waals surface area contributed by atoms with Gasteiger partial charge in [0.05, 0.1) is 11.1 Å². The minimum absolute atomic E-state index is 1.01. The molecule has 0 saturated carbocycles. The van der Waals surface area contributed by atoms with E-state index in [9.17, 15) is 0 Å². The number of hydrogen-bond donors (Lipinski definition) is 0. The third-order valence-corrected chi connectivity index (χ3v) is 6.00. The Kier molecular flexibility index (Phi) is 2.68. The van der Waals surface area contributed by atoms with Crippen LogP contribution in [0.3, 0.4) is 0 Å². The Hall–Kier alpha value is -2.67. The molecule has 0 bridgehead atoms. The van der Waals surface area contributed by atoms with Gasteiger partial charge in [0.25, 0.3) is 0 Å². The first-order chi connectivity index (χ1) is 12.4. The molecule has 3 aliphatic carbocycles. The number of rotatable bonds is 0. The lowest BCUT2D eigenvalue weighted by Gasteiger charge is -2.24. The first kappa shape index (κ1) is 13.6. The molecule has 0 unspecified atom stereocenters. The summed E-state index contributed by atoms with van der Waals surface area (Å²) in [6.45, 7) is 0. The van der Waals surface area contributed by atoms with Crippen molar-refractivity contribution in [2.24, 2.45) is 4.99 Å². The van der Waals surface area contributed by atoms with Gasteiger partial charge in [0.1, 0.15) is 0 Å². The molecule has 0 fully saturated rings. The predicted molar refractivity (Wildman–Crippen MR) is 103 cm³/mol. The van der Waals surface area contributed by atoms with Crippen molar-refractivity contribution < 1.29 is 0 Å². The van der Waals surface area contributed by atoms with Crippen LogP contribution in [-0.2, 0) is 12.8 Å². The van der Waals surface area contributed by atoms with Crippen LogP contribution in [0.25, 0.3) is 28.9 Å². The van der Waals surface area contributed by atoms with Gasteiger partial charge in [0.2, 0.25) is 0 Å². The molecule has 25 heavy (non-hydrogen) atoms. The molecule has 1 heteroatoms. The van der Waals surface area contributed by atoms with E-state index in [0.29, 0.717) is 0 Å². The van der Waals surface area contributed by atoms with Crippen LogP contribution in [0.2, 0.25) is 0 Å². The van der Waals surface area contributed by atoms with E-state index in [-0.39, 0.29) is 0 Å². The molecule has 2 aromatic rings. The van der Waals surface area contributed by atoms with Crippen LogP contribution in [0.5, 0.6) is 0 Å². The predicted octanol–water partition coefficient (Wildman–Crippen LogP) is 4.34. The Morgan fingerprint density at radius 3 is 2.76 bits per heavy atom. The fraction of sp³-hybridized carbons (Fsp3) is 0.208. The first-order valence-electron chi connectivity index (χ1n) is 9.34. The standard InChI is InChI=1S/C24H19N/c1-2-8-16-15(7-1)13-14-20-22(16)17-9-3-4-10-18(17)23-19-11-5-6-12-21(19)25-24(20)23/h1-3,6-9,12,14H,4-5,10-11,13H2. The summed E-state index contributed by atoms with van der Waals surface area (Å²) in [7, 11) is 0. The molecule has 4 aliphatic rings. The molecule has 0 radical (unpaired) electrons. The second kappa shape index (κ2) is 4.92. The largest absolute Gasteiger partial charge is 0.247 e. The summed E-state index contributed by atoms with van der Waals surface area (Å²) >= 11 is 0. The van der Waals surface area contributed by atoms with Crippen molar-refractivity contribution in [3.63, 3.8) is 0 Å². The second-order valence-electron chi connectivity index (χ2n) is 7.33. The summed E-state index contributed by atoms with van der Waals surface area (Å²) in [4.78, 5) is 5.11. The van der Waals surface area contributed by atoms with E-state index in [4.69, 9.17) is 4.99 Å². The molecule has 1 aliphatic heterocycles. The van der Waals surface area contributed by atoms with E-state index in [1.807, 2.05) is 0 Å². The third kappa shape index (κ3) is 1.76. The zero-order chi connectivity index (χ0) is 16.4. The zero-order valence-corrected chi connectivity index (χ0v) is 14.2. The maximum atomic E-state index is 5.11. The first-order valence-corrected chi connectivity index (χ1v) is 9.34. The van der Waals surface area contributed by atoms with E-state index in [1.54, 1.807) is 0 Å². The maximum absolute atomic E-state index is 5.11. The molecular weight excluding hydrogens is 302 g/mol. The summed E-state index contributed by atoms with van der Waals surface area (Å²) in [6, 6.07) is 8.88. The lowest BCUT2D eigenvalue weighted by atomic mass is 9.79. The highest BCUT2D eigenvalue weighted by Crippen LogP contribution is 2.39. The number of fused-ring (bicyclic) bond motifs is 9. The quantitative estimate of drug-likeness (QED) is 0.684. The van der Waals surface area contributed by atoms with Gasteiger partial charge in [-0.2, -0.15) is 0 Å². The lowest BCUT2D eigenvalue weighted by molar-refractivity contribution is 0.965. The highest BCUT2D eigenvalue weighted by atomic mass is 14.8. The van der Waals surface area contributed by atoms with Crippen molar-refractivity contribution in [3.05, 3.63) is 81.0 Å². The van der Waals surface area contributed by atoms with Crippen molar-refractivity contribution in [2.75, 3.05) is 0 Å². The van der Waals surface area contributed by atoms with Crippen molar-refractivity contribution in [1.82, 2.24) is 0 Å². The topological polar surface area (TPSA) is 12.4 Å². The van der Waals surface area contributed by atoms with Gasteiger partial charge in [-0.05, 0) is 71.6 Å². The van der Waals surface area contributed by atoms with Crippen LogP contribution in [0.15, 0.2) is 53.2 Å². The monoisotopic (exact) mass is 321 g/mol. The SMILES string of the molecule is C1=CC2=C(CC1)c1c3c(c4c(c1=N2)=CCc1ccccc1-4)C=CCC3. The lowest BCUT2D eigenvalue weighted by Crippen LogP contribution is -2.34. The third-order valence-electron chi connectivity index (χ3n) is 6.00. The average molecular weight is 321 g/mol. The Balaban J connectivity index is 1.80. The Labute approximate surface area is 147 Å². The van der Waals surface area contributed by atoms with Gasteiger partial charge in [-0.3, -0.25) is 0 Å². The normalized spacial score (nSPS) is 18.6. The summed E-state index contributed by atoms with van der Waals surface area (Å²) in [6.07, 6.45) is 17.2. The van der Waals surface area contributed by atoms with Crippen LogP contribution in [0.1, 0.15) is 41.5 Å². The average Bonchev–Trinajstić information content (AvgIpc) is 3.07. The maximum Gasteiger partial charge on any atom is 0.0791 e. The van der Waals surface area contributed by atoms with Gasteiger partial charge in [0, 0.05) is 10.8 Å². The summed E-state index contributed by atoms with van der Waals surface area (Å²) < 4.78 is 0. The molecular formula is C24H19N. The van der Waals surface area contributed by atoms with Crippen LogP contribution >= 0.6 is 0 Å². The molecule has 6 rings (SSSR count). The van der Waals surface area contributed by atoms with Crippen molar-refractivity contribution in [2.45, 2.75) is 32.1 Å². The number of allylic oxidation sites excluding steroid dienone is 4. The van der Waals surface area contributed by atoms with Gasteiger partial charge in [-0.1, -0.05) is 48.6 Å². The molecule has 0 N–H and O–H groups in total. The Bertz CT molecular complexity index is 1160. The second-order valence-corrected chi connectivity index (χ2v) is 7.33. The smallest absolute Gasteiger partial charge is 0.0791 e. The van der Waals surface area contributed by atoms with Crippen LogP contribution < -0.4 is 10.6 Å². The van der Waals surface area contributed by atoms with Gasteiger partial charge in [-0.15, -0.1) is 0 Å². The molecule has 0 atom stereocenters. The van der Waals surface area contributed by atoms with E-state index in [2.05, 4.69) is 54.6 Å². The van der Waals surface area contributed by atoms with Crippen LogP contribution in [0.4, 0.5) is 0 Å². The minimum atomic E-state index is 1.01. The van der Waals surface area contributed by atoms with Gasteiger partial charge < -0.3 is 0 Å². The van der Waals surface area contributed by atoms with Gasteiger partial charge in [0.15, 0.2) is 0 Å². The number of nitrogens with zero attached hydrogens (tertiary/aromatic N) is 1. The Morgan fingerprint density at radius 2 is 1.76 bits per heavy atom. The summed E-state index contributed by atoms with van der Waals surface area (Å²) in [5.41, 5.74) is 11.4. The van der Waals surface area contributed by atoms with E-state index in [0.717, 1.165) is 32.1 Å². The molecule has 1 nitrogen and oxygen atoms in total. The van der Waals surface area contributed by atoms with E-state index < -0.39 is 0 Å². The molecule has 1 heterocycles. The van der Waals surface area contributed by atoms with Gasteiger partial charge in [-0.25, -0.2) is 4.99 Å². The number of hydrogen-bond acceptors (Lipinski definition) is 1. The van der Waals surface area contributed by atoms with E-state index >= 15 is 0 Å². The van der Waals surface area contributed by atoms with E-state index in [1.165, 1.54) is 55.2 Å². The molecule has 0 saturated heterocycles. The summed E-state index contributed by atoms with van der Waals surface area (Å²) in [5, 5.41) is 2.61. The Morgan fingerprint density at radius 1 is 0.880 bits per heavy atom. The van der Waals surface area contributed by atoms with Crippen LogP contribution in [-0.4, -0.2) is 0 Å². The number of benzene rings is 2. The van der Waals surface area contributed by atoms with Crippen LogP contribution in [0, 0.1) is 0 Å². The molecule has 0 aromatic heterocycles. The highest BCUT2D eigenvalue weighted by molar-refractivity contribution is 5.88. The van der Waals surface area contributed by atoms with Crippen molar-refractivity contribution >= 4 is 17.7 Å². The fourth-order valence-electron chi connectivity index (χ4n) is 4.91.